The molecule has 4 aromatic heterocycles. The van der Waals surface area contributed by atoms with Crippen molar-refractivity contribution in [3.8, 4) is 22.6 Å². The second-order valence-corrected chi connectivity index (χ2v) is 9.80. The average molecular weight is 480 g/mol. The molecule has 1 saturated carbocycles. The van der Waals surface area contributed by atoms with Crippen LogP contribution in [0.4, 0.5) is 10.2 Å². The van der Waals surface area contributed by atoms with E-state index in [0.29, 0.717) is 34.7 Å². The van der Waals surface area contributed by atoms with Crippen LogP contribution in [0.3, 0.4) is 0 Å². The van der Waals surface area contributed by atoms with Gasteiger partial charge in [-0.2, -0.15) is 0 Å². The van der Waals surface area contributed by atoms with Gasteiger partial charge >= 0.3 is 0 Å². The van der Waals surface area contributed by atoms with E-state index in [1.807, 2.05) is 30.6 Å². The van der Waals surface area contributed by atoms with E-state index < -0.39 is 0 Å². The number of aromatic amines is 1. The first-order valence-electron chi connectivity index (χ1n) is 12.5. The van der Waals surface area contributed by atoms with Crippen LogP contribution in [0.1, 0.15) is 31.2 Å². The van der Waals surface area contributed by atoms with E-state index in [-0.39, 0.29) is 5.82 Å². The Kier molecular flexibility index (Phi) is 4.95. The molecule has 5 heterocycles. The maximum atomic E-state index is 14.5. The van der Waals surface area contributed by atoms with Gasteiger partial charge in [-0.3, -0.25) is 4.98 Å². The second-order valence-electron chi connectivity index (χ2n) is 9.80. The van der Waals surface area contributed by atoms with Crippen molar-refractivity contribution in [1.82, 2.24) is 30.2 Å². The van der Waals surface area contributed by atoms with Crippen LogP contribution in [0.2, 0.25) is 0 Å². The Hall–Kier alpha value is -3.91. The fourth-order valence-corrected chi connectivity index (χ4v) is 5.32. The summed E-state index contributed by atoms with van der Waals surface area (Å²) in [5.41, 5.74) is 4.84. The molecule has 2 aliphatic rings. The summed E-state index contributed by atoms with van der Waals surface area (Å²) in [4.78, 5) is 25.0. The van der Waals surface area contributed by atoms with Gasteiger partial charge < -0.3 is 15.2 Å². The lowest BCUT2D eigenvalue weighted by molar-refractivity contribution is 0.498. The number of piperazine rings is 1. The zero-order valence-corrected chi connectivity index (χ0v) is 20.0. The standard InChI is InChI=1S/C28H26FN7/c1-16-13-30-10-11-36(16)28-25-21(17-6-7-17)14-31-15-24(25)34-27(35-28)18-8-9-32-26-20(18)12-23(33-26)19-4-2-3-5-22(19)29/h2-5,8-9,12,14-17,30H,6-7,10-11,13H2,1H3,(H,32,33)/t16-/m0/s1. The van der Waals surface area contributed by atoms with Crippen molar-refractivity contribution < 1.29 is 4.39 Å². The minimum absolute atomic E-state index is 0.277. The van der Waals surface area contributed by atoms with Gasteiger partial charge in [0.2, 0.25) is 0 Å². The van der Waals surface area contributed by atoms with E-state index >= 15 is 0 Å². The molecule has 36 heavy (non-hydrogen) atoms. The van der Waals surface area contributed by atoms with Crippen LogP contribution < -0.4 is 10.2 Å². The highest BCUT2D eigenvalue weighted by molar-refractivity contribution is 5.98. The van der Waals surface area contributed by atoms with Crippen LogP contribution in [-0.2, 0) is 0 Å². The number of nitrogens with one attached hydrogen (secondary N) is 2. The summed E-state index contributed by atoms with van der Waals surface area (Å²) in [5, 5.41) is 5.47. The van der Waals surface area contributed by atoms with Crippen molar-refractivity contribution in [2.24, 2.45) is 0 Å². The van der Waals surface area contributed by atoms with Gasteiger partial charge in [-0.25, -0.2) is 19.3 Å². The molecule has 5 aromatic rings. The lowest BCUT2D eigenvalue weighted by Gasteiger charge is -2.36. The molecule has 1 atom stereocenters. The Morgan fingerprint density at radius 2 is 1.94 bits per heavy atom. The molecule has 0 spiro atoms. The maximum absolute atomic E-state index is 14.5. The first-order valence-corrected chi connectivity index (χ1v) is 12.5. The number of H-pyrrole nitrogens is 1. The van der Waals surface area contributed by atoms with Gasteiger partial charge in [-0.05, 0) is 55.5 Å². The molecular weight excluding hydrogens is 453 g/mol. The van der Waals surface area contributed by atoms with Crippen LogP contribution >= 0.6 is 0 Å². The summed E-state index contributed by atoms with van der Waals surface area (Å²) in [6, 6.07) is 10.9. The molecule has 2 fully saturated rings. The molecule has 0 radical (unpaired) electrons. The number of nitrogens with zero attached hydrogens (tertiary/aromatic N) is 5. The van der Waals surface area contributed by atoms with Gasteiger partial charge in [0.15, 0.2) is 5.82 Å². The van der Waals surface area contributed by atoms with Crippen LogP contribution in [-0.4, -0.2) is 50.6 Å². The van der Waals surface area contributed by atoms with E-state index in [4.69, 9.17) is 9.97 Å². The van der Waals surface area contributed by atoms with Crippen molar-refractivity contribution in [2.75, 3.05) is 24.5 Å². The topological polar surface area (TPSA) is 82.6 Å². The maximum Gasteiger partial charge on any atom is 0.163 e. The Labute approximate surface area is 207 Å². The van der Waals surface area contributed by atoms with Crippen molar-refractivity contribution in [3.05, 3.63) is 66.4 Å². The van der Waals surface area contributed by atoms with E-state index in [2.05, 4.69) is 32.1 Å². The third kappa shape index (κ3) is 3.52. The summed E-state index contributed by atoms with van der Waals surface area (Å²) < 4.78 is 14.5. The quantitative estimate of drug-likeness (QED) is 0.375. The highest BCUT2D eigenvalue weighted by Crippen LogP contribution is 2.45. The number of rotatable bonds is 4. The second kappa shape index (κ2) is 8.34. The first kappa shape index (κ1) is 21.4. The van der Waals surface area contributed by atoms with Crippen molar-refractivity contribution >= 4 is 27.8 Å². The smallest absolute Gasteiger partial charge is 0.163 e. The molecule has 0 bridgehead atoms. The lowest BCUT2D eigenvalue weighted by Crippen LogP contribution is -2.50. The number of hydrogen-bond donors (Lipinski definition) is 2. The number of benzene rings is 1. The summed E-state index contributed by atoms with van der Waals surface area (Å²) in [6.45, 7) is 4.94. The fourth-order valence-electron chi connectivity index (χ4n) is 5.32. The Morgan fingerprint density at radius 3 is 2.78 bits per heavy atom. The summed E-state index contributed by atoms with van der Waals surface area (Å²) in [6.07, 6.45) is 7.97. The average Bonchev–Trinajstić information content (AvgIpc) is 3.66. The highest BCUT2D eigenvalue weighted by Gasteiger charge is 2.30. The first-order chi connectivity index (χ1) is 17.7. The van der Waals surface area contributed by atoms with Crippen LogP contribution in [0.15, 0.2) is 55.0 Å². The third-order valence-corrected chi connectivity index (χ3v) is 7.34. The summed E-state index contributed by atoms with van der Waals surface area (Å²) in [7, 11) is 0. The Bertz CT molecular complexity index is 1610. The Morgan fingerprint density at radius 1 is 1.06 bits per heavy atom. The minimum Gasteiger partial charge on any atom is -0.351 e. The zero-order chi connectivity index (χ0) is 24.2. The van der Waals surface area contributed by atoms with Crippen molar-refractivity contribution in [3.63, 3.8) is 0 Å². The molecule has 2 N–H and O–H groups in total. The normalized spacial score (nSPS) is 18.3. The van der Waals surface area contributed by atoms with Gasteiger partial charge in [0.05, 0.1) is 17.4 Å². The van der Waals surface area contributed by atoms with Crippen molar-refractivity contribution in [1.29, 1.82) is 0 Å². The van der Waals surface area contributed by atoms with E-state index in [0.717, 1.165) is 47.3 Å². The molecular formula is C28H26FN7. The molecule has 180 valence electrons. The van der Waals surface area contributed by atoms with E-state index in [1.54, 1.807) is 18.3 Å². The largest absolute Gasteiger partial charge is 0.351 e. The summed E-state index contributed by atoms with van der Waals surface area (Å²) >= 11 is 0. The van der Waals surface area contributed by atoms with Crippen LogP contribution in [0.5, 0.6) is 0 Å². The zero-order valence-electron chi connectivity index (χ0n) is 20.0. The predicted molar refractivity (Wildman–Crippen MR) is 139 cm³/mol. The summed E-state index contributed by atoms with van der Waals surface area (Å²) in [5.74, 6) is 1.86. The monoisotopic (exact) mass is 479 g/mol. The Balaban J connectivity index is 1.45. The number of hydrogen-bond acceptors (Lipinski definition) is 6. The number of halogens is 1. The van der Waals surface area contributed by atoms with Crippen molar-refractivity contribution in [2.45, 2.75) is 31.7 Å². The number of pyridine rings is 2. The fraction of sp³-hybridized carbons (Fsp3) is 0.286. The molecule has 1 aromatic carbocycles. The highest BCUT2D eigenvalue weighted by atomic mass is 19.1. The van der Waals surface area contributed by atoms with Crippen LogP contribution in [0.25, 0.3) is 44.6 Å². The number of aromatic nitrogens is 5. The molecule has 0 amide bonds. The molecule has 8 heteroatoms. The molecule has 7 nitrogen and oxygen atoms in total. The van der Waals surface area contributed by atoms with Gasteiger partial charge in [-0.1, -0.05) is 12.1 Å². The van der Waals surface area contributed by atoms with E-state index in [1.165, 1.54) is 24.5 Å². The van der Waals surface area contributed by atoms with E-state index in [9.17, 15) is 4.39 Å². The molecule has 7 rings (SSSR count). The lowest BCUT2D eigenvalue weighted by atomic mass is 10.1. The molecule has 0 unspecified atom stereocenters. The number of anilines is 1. The van der Waals surface area contributed by atoms with Crippen LogP contribution in [0, 0.1) is 5.82 Å². The number of fused-ring (bicyclic) bond motifs is 2. The SMILES string of the molecule is C[C@H]1CNCCN1c1nc(-c2ccnc3[nH]c(-c4ccccc4F)cc23)nc2cncc(C3CC3)c12. The predicted octanol–water partition coefficient (Wildman–Crippen LogP) is 5.05. The van der Waals surface area contributed by atoms with Gasteiger partial charge in [-0.15, -0.1) is 0 Å². The molecule has 1 aliphatic carbocycles. The van der Waals surface area contributed by atoms with Gasteiger partial charge in [0.1, 0.15) is 17.3 Å². The molecule has 1 aliphatic heterocycles. The van der Waals surface area contributed by atoms with Gasteiger partial charge in [0, 0.05) is 60.0 Å². The minimum atomic E-state index is -0.277. The van der Waals surface area contributed by atoms with Gasteiger partial charge in [0.25, 0.3) is 0 Å². The molecule has 1 saturated heterocycles. The third-order valence-electron chi connectivity index (χ3n) is 7.34.